The van der Waals surface area contributed by atoms with Gasteiger partial charge in [0.25, 0.3) is 5.69 Å². The van der Waals surface area contributed by atoms with Crippen molar-refractivity contribution in [3.05, 3.63) is 69.3 Å². The molecule has 33 heavy (non-hydrogen) atoms. The molecule has 0 N–H and O–H groups in total. The lowest BCUT2D eigenvalue weighted by atomic mass is 9.85. The smallest absolute Gasteiger partial charge is 0.340 e. The third-order valence-electron chi connectivity index (χ3n) is 5.72. The van der Waals surface area contributed by atoms with Gasteiger partial charge in [-0.2, -0.15) is 0 Å². The second kappa shape index (κ2) is 10.0. The standard InChI is InChI=1S/C25H30N2O6/c1-5-32-24(29)22-7-6-14-26(22)21-13-10-18(25(2,3)4)15-20(21)23(28)33-16-17-8-11-19(12-9-17)27(30)31/h8-13,15,22H,5-7,14,16H2,1-4H3/t22-/m0/s1. The van der Waals surface area contributed by atoms with Gasteiger partial charge in [0.1, 0.15) is 12.6 Å². The van der Waals surface area contributed by atoms with Gasteiger partial charge in [-0.3, -0.25) is 10.1 Å². The third kappa shape index (κ3) is 5.69. The number of non-ortho nitro benzene ring substituents is 1. The molecule has 0 spiro atoms. The molecule has 0 saturated carbocycles. The SMILES string of the molecule is CCOC(=O)[C@@H]1CCCN1c1ccc(C(C)(C)C)cc1C(=O)OCc1ccc([N+](=O)[O-])cc1. The average molecular weight is 455 g/mol. The second-order valence-electron chi connectivity index (χ2n) is 9.09. The van der Waals surface area contributed by atoms with Crippen LogP contribution in [0.3, 0.4) is 0 Å². The maximum Gasteiger partial charge on any atom is 0.340 e. The molecule has 2 aromatic rings. The highest BCUT2D eigenvalue weighted by Gasteiger charge is 2.34. The zero-order chi connectivity index (χ0) is 24.2. The third-order valence-corrected chi connectivity index (χ3v) is 5.72. The molecule has 0 aromatic heterocycles. The Balaban J connectivity index is 1.88. The first-order valence-electron chi connectivity index (χ1n) is 11.1. The minimum atomic E-state index is -0.510. The second-order valence-corrected chi connectivity index (χ2v) is 9.09. The summed E-state index contributed by atoms with van der Waals surface area (Å²) in [5.74, 6) is -0.802. The lowest BCUT2D eigenvalue weighted by Crippen LogP contribution is -2.38. The van der Waals surface area contributed by atoms with Crippen molar-refractivity contribution in [3.63, 3.8) is 0 Å². The van der Waals surface area contributed by atoms with Gasteiger partial charge >= 0.3 is 11.9 Å². The van der Waals surface area contributed by atoms with Crippen LogP contribution in [0.5, 0.6) is 0 Å². The summed E-state index contributed by atoms with van der Waals surface area (Å²) in [6.45, 7) is 8.88. The van der Waals surface area contributed by atoms with Crippen molar-refractivity contribution >= 4 is 23.3 Å². The predicted octanol–water partition coefficient (Wildman–Crippen LogP) is 4.78. The van der Waals surface area contributed by atoms with Gasteiger partial charge in [0.2, 0.25) is 0 Å². The van der Waals surface area contributed by atoms with Crippen LogP contribution in [-0.2, 0) is 26.3 Å². The fraction of sp³-hybridized carbons (Fsp3) is 0.440. The first-order chi connectivity index (χ1) is 15.6. The van der Waals surface area contributed by atoms with E-state index in [0.29, 0.717) is 36.4 Å². The molecule has 1 saturated heterocycles. The van der Waals surface area contributed by atoms with E-state index in [9.17, 15) is 19.7 Å². The summed E-state index contributed by atoms with van der Waals surface area (Å²) >= 11 is 0. The first kappa shape index (κ1) is 24.2. The van der Waals surface area contributed by atoms with Gasteiger partial charge in [0, 0.05) is 18.7 Å². The summed E-state index contributed by atoms with van der Waals surface area (Å²) < 4.78 is 10.8. The molecule has 2 aromatic carbocycles. The number of esters is 2. The van der Waals surface area contributed by atoms with Gasteiger partial charge in [0.05, 0.1) is 22.8 Å². The lowest BCUT2D eigenvalue weighted by Gasteiger charge is -2.28. The molecule has 1 aliphatic rings. The highest BCUT2D eigenvalue weighted by molar-refractivity contribution is 5.97. The molecule has 0 radical (unpaired) electrons. The summed E-state index contributed by atoms with van der Waals surface area (Å²) in [7, 11) is 0. The summed E-state index contributed by atoms with van der Waals surface area (Å²) in [5, 5.41) is 10.8. The monoisotopic (exact) mass is 454 g/mol. The molecular weight excluding hydrogens is 424 g/mol. The highest BCUT2D eigenvalue weighted by Crippen LogP contribution is 2.34. The highest BCUT2D eigenvalue weighted by atomic mass is 16.6. The van der Waals surface area contributed by atoms with E-state index in [1.54, 1.807) is 19.1 Å². The zero-order valence-corrected chi connectivity index (χ0v) is 19.5. The zero-order valence-electron chi connectivity index (χ0n) is 19.5. The van der Waals surface area contributed by atoms with Crippen molar-refractivity contribution in [2.75, 3.05) is 18.1 Å². The van der Waals surface area contributed by atoms with Crippen LogP contribution in [0.1, 0.15) is 62.0 Å². The Hall–Kier alpha value is -3.42. The van der Waals surface area contributed by atoms with E-state index in [-0.39, 0.29) is 23.7 Å². The fourth-order valence-electron chi connectivity index (χ4n) is 3.90. The Morgan fingerprint density at radius 1 is 1.12 bits per heavy atom. The molecule has 3 rings (SSSR count). The number of rotatable bonds is 7. The molecule has 8 nitrogen and oxygen atoms in total. The number of hydrogen-bond donors (Lipinski definition) is 0. The van der Waals surface area contributed by atoms with Crippen molar-refractivity contribution in [2.24, 2.45) is 0 Å². The van der Waals surface area contributed by atoms with Crippen LogP contribution in [0.25, 0.3) is 0 Å². The van der Waals surface area contributed by atoms with Crippen LogP contribution >= 0.6 is 0 Å². The predicted molar refractivity (Wildman–Crippen MR) is 124 cm³/mol. The van der Waals surface area contributed by atoms with E-state index in [2.05, 4.69) is 20.8 Å². The van der Waals surface area contributed by atoms with E-state index < -0.39 is 16.9 Å². The van der Waals surface area contributed by atoms with Crippen molar-refractivity contribution in [3.8, 4) is 0 Å². The Morgan fingerprint density at radius 2 is 1.82 bits per heavy atom. The topological polar surface area (TPSA) is 99.0 Å². The number of nitro groups is 1. The number of nitrogens with zero attached hydrogens (tertiary/aromatic N) is 2. The molecule has 8 heteroatoms. The first-order valence-corrected chi connectivity index (χ1v) is 11.1. The molecule has 1 aliphatic heterocycles. The van der Waals surface area contributed by atoms with Crippen LogP contribution in [0.15, 0.2) is 42.5 Å². The molecule has 0 bridgehead atoms. The molecular formula is C25H30N2O6. The van der Waals surface area contributed by atoms with Crippen molar-refractivity contribution < 1.29 is 24.0 Å². The van der Waals surface area contributed by atoms with Crippen molar-refractivity contribution in [1.29, 1.82) is 0 Å². The summed E-state index contributed by atoms with van der Waals surface area (Å²) in [6, 6.07) is 11.1. The largest absolute Gasteiger partial charge is 0.464 e. The minimum Gasteiger partial charge on any atom is -0.464 e. The Labute approximate surface area is 193 Å². The molecule has 176 valence electrons. The van der Waals surface area contributed by atoms with E-state index in [4.69, 9.17) is 9.47 Å². The van der Waals surface area contributed by atoms with Crippen LogP contribution in [0.4, 0.5) is 11.4 Å². The van der Waals surface area contributed by atoms with Crippen LogP contribution < -0.4 is 4.90 Å². The number of nitro benzene ring substituents is 1. The lowest BCUT2D eigenvalue weighted by molar-refractivity contribution is -0.384. The van der Waals surface area contributed by atoms with Gasteiger partial charge in [-0.05, 0) is 60.6 Å². The van der Waals surface area contributed by atoms with Gasteiger partial charge < -0.3 is 14.4 Å². The number of anilines is 1. The number of hydrogen-bond acceptors (Lipinski definition) is 7. The minimum absolute atomic E-state index is 0.0165. The molecule has 1 atom stereocenters. The van der Waals surface area contributed by atoms with E-state index in [1.165, 1.54) is 12.1 Å². The number of carbonyl (C=O) groups excluding carboxylic acids is 2. The van der Waals surface area contributed by atoms with E-state index in [0.717, 1.165) is 12.0 Å². The van der Waals surface area contributed by atoms with Gasteiger partial charge in [0.15, 0.2) is 0 Å². The molecule has 1 fully saturated rings. The van der Waals surface area contributed by atoms with Gasteiger partial charge in [-0.1, -0.05) is 26.8 Å². The molecule has 1 heterocycles. The van der Waals surface area contributed by atoms with Crippen LogP contribution in [0.2, 0.25) is 0 Å². The number of ether oxygens (including phenoxy) is 2. The van der Waals surface area contributed by atoms with Crippen molar-refractivity contribution in [1.82, 2.24) is 0 Å². The average Bonchev–Trinajstić information content (AvgIpc) is 3.27. The van der Waals surface area contributed by atoms with Crippen molar-refractivity contribution in [2.45, 2.75) is 58.6 Å². The van der Waals surface area contributed by atoms with E-state index >= 15 is 0 Å². The number of benzene rings is 2. The summed E-state index contributed by atoms with van der Waals surface area (Å²) in [4.78, 5) is 38.0. The van der Waals surface area contributed by atoms with Gasteiger partial charge in [-0.15, -0.1) is 0 Å². The molecule has 0 amide bonds. The Bertz CT molecular complexity index is 1030. The van der Waals surface area contributed by atoms with Crippen LogP contribution in [0, 0.1) is 10.1 Å². The Morgan fingerprint density at radius 3 is 2.42 bits per heavy atom. The normalized spacial score (nSPS) is 15.9. The maximum absolute atomic E-state index is 13.2. The number of carbonyl (C=O) groups is 2. The fourth-order valence-corrected chi connectivity index (χ4v) is 3.90. The Kier molecular flexibility index (Phi) is 7.36. The van der Waals surface area contributed by atoms with E-state index in [1.807, 2.05) is 23.1 Å². The summed E-state index contributed by atoms with van der Waals surface area (Å²) in [6.07, 6.45) is 1.49. The van der Waals surface area contributed by atoms with Crippen LogP contribution in [-0.4, -0.2) is 36.1 Å². The quantitative estimate of drug-likeness (QED) is 0.337. The molecule has 0 unspecified atom stereocenters. The molecule has 0 aliphatic carbocycles. The van der Waals surface area contributed by atoms with Gasteiger partial charge in [-0.25, -0.2) is 9.59 Å². The maximum atomic E-state index is 13.2. The summed E-state index contributed by atoms with van der Waals surface area (Å²) in [5.41, 5.74) is 2.45.